The molecule has 2 aliphatic heterocycles. The number of nitrogens with zero attached hydrogens (tertiary/aromatic N) is 2. The Balaban J connectivity index is 0.00000160. The highest BCUT2D eigenvalue weighted by Gasteiger charge is 2.50. The molecule has 4 rings (SSSR count). The summed E-state index contributed by atoms with van der Waals surface area (Å²) < 4.78 is 5.79. The molecule has 0 saturated carbocycles. The number of likely N-dealkylation sites (tertiary alicyclic amines) is 1. The Morgan fingerprint density at radius 1 is 1.13 bits per heavy atom. The highest BCUT2D eigenvalue weighted by molar-refractivity contribution is 5.94. The van der Waals surface area contributed by atoms with Gasteiger partial charge in [-0.15, -0.1) is 24.8 Å². The van der Waals surface area contributed by atoms with Crippen LogP contribution in [0.3, 0.4) is 0 Å². The number of hydrogen-bond donors (Lipinski definition) is 1. The van der Waals surface area contributed by atoms with Gasteiger partial charge in [-0.3, -0.25) is 4.79 Å². The lowest BCUT2D eigenvalue weighted by atomic mass is 9.80. The minimum absolute atomic E-state index is 0. The van der Waals surface area contributed by atoms with E-state index >= 15 is 0 Å². The summed E-state index contributed by atoms with van der Waals surface area (Å²) in [5, 5.41) is 3.53. The predicted octanol–water partition coefficient (Wildman–Crippen LogP) is 3.33. The first kappa shape index (κ1) is 24.5. The molecule has 2 fully saturated rings. The van der Waals surface area contributed by atoms with Gasteiger partial charge in [0.25, 0.3) is 5.91 Å². The highest BCUT2D eigenvalue weighted by atomic mass is 35.5. The molecule has 2 atom stereocenters. The lowest BCUT2D eigenvalue weighted by Gasteiger charge is -2.31. The smallest absolute Gasteiger partial charge is 0.253 e. The Labute approximate surface area is 191 Å². The molecule has 0 radical (unpaired) electrons. The minimum atomic E-state index is 0. The number of fused-ring (bicyclic) bond motifs is 1. The van der Waals surface area contributed by atoms with Crippen LogP contribution in [0.25, 0.3) is 0 Å². The van der Waals surface area contributed by atoms with E-state index in [4.69, 9.17) is 4.74 Å². The van der Waals surface area contributed by atoms with E-state index in [9.17, 15) is 4.79 Å². The molecule has 0 aliphatic carbocycles. The van der Waals surface area contributed by atoms with Crippen molar-refractivity contribution in [1.29, 1.82) is 0 Å². The maximum absolute atomic E-state index is 13.1. The van der Waals surface area contributed by atoms with Crippen molar-refractivity contribution >= 4 is 30.7 Å². The molecule has 0 spiro atoms. The Hall–Kier alpha value is -1.79. The third-order valence-electron chi connectivity index (χ3n) is 5.95. The van der Waals surface area contributed by atoms with Gasteiger partial charge in [-0.25, -0.2) is 0 Å². The van der Waals surface area contributed by atoms with Gasteiger partial charge in [-0.2, -0.15) is 0 Å². The van der Waals surface area contributed by atoms with Crippen LogP contribution in [0, 0.1) is 11.3 Å². The molecule has 2 saturated heterocycles. The number of carbonyl (C=O) groups excluding carboxylic acids is 1. The number of nitrogens with one attached hydrogen (secondary N) is 1. The molecule has 2 aromatic carbocycles. The molecular weight excluding hydrogens is 421 g/mol. The zero-order valence-corrected chi connectivity index (χ0v) is 19.2. The van der Waals surface area contributed by atoms with Gasteiger partial charge >= 0.3 is 0 Å². The molecule has 2 heterocycles. The second kappa shape index (κ2) is 10.5. The third-order valence-corrected chi connectivity index (χ3v) is 5.95. The van der Waals surface area contributed by atoms with E-state index in [1.54, 1.807) is 0 Å². The Morgan fingerprint density at radius 3 is 2.50 bits per heavy atom. The van der Waals surface area contributed by atoms with Crippen LogP contribution in [-0.4, -0.2) is 62.5 Å². The molecular formula is C23H31Cl2N3O2. The zero-order valence-electron chi connectivity index (χ0n) is 17.5. The highest BCUT2D eigenvalue weighted by Crippen LogP contribution is 2.39. The van der Waals surface area contributed by atoms with E-state index in [0.717, 1.165) is 49.6 Å². The van der Waals surface area contributed by atoms with Crippen LogP contribution >= 0.6 is 24.8 Å². The summed E-state index contributed by atoms with van der Waals surface area (Å²) in [5.41, 5.74) is 2.01. The summed E-state index contributed by atoms with van der Waals surface area (Å²) in [6.07, 6.45) is 0. The predicted molar refractivity (Wildman–Crippen MR) is 125 cm³/mol. The number of para-hydroxylation sites is 1. The van der Waals surface area contributed by atoms with E-state index in [0.29, 0.717) is 12.5 Å². The summed E-state index contributed by atoms with van der Waals surface area (Å²) in [4.78, 5) is 17.3. The van der Waals surface area contributed by atoms with Gasteiger partial charge in [0.05, 0.1) is 0 Å². The van der Waals surface area contributed by atoms with Gasteiger partial charge in [0.1, 0.15) is 12.4 Å². The van der Waals surface area contributed by atoms with E-state index in [-0.39, 0.29) is 36.1 Å². The van der Waals surface area contributed by atoms with Gasteiger partial charge in [0, 0.05) is 43.7 Å². The van der Waals surface area contributed by atoms with Gasteiger partial charge in [-0.1, -0.05) is 30.3 Å². The van der Waals surface area contributed by atoms with Crippen LogP contribution in [0.2, 0.25) is 0 Å². The van der Waals surface area contributed by atoms with Crippen molar-refractivity contribution in [2.75, 3.05) is 46.8 Å². The van der Waals surface area contributed by atoms with Crippen LogP contribution < -0.4 is 10.1 Å². The van der Waals surface area contributed by atoms with Crippen LogP contribution in [0.4, 0.5) is 0 Å². The molecule has 0 bridgehead atoms. The Morgan fingerprint density at radius 2 is 1.83 bits per heavy atom. The number of ether oxygens (including phenoxy) is 1. The SMILES string of the molecule is CN(C)CC12CNCC1CN(C(=O)c1ccc(COc3ccccc3)cc1)C2.Cl.Cl. The van der Waals surface area contributed by atoms with Gasteiger partial charge < -0.3 is 19.9 Å². The van der Waals surface area contributed by atoms with E-state index < -0.39 is 0 Å². The summed E-state index contributed by atoms with van der Waals surface area (Å²) >= 11 is 0. The average molecular weight is 452 g/mol. The van der Waals surface area contributed by atoms with Crippen LogP contribution in [0.5, 0.6) is 5.75 Å². The summed E-state index contributed by atoms with van der Waals surface area (Å²) in [6.45, 7) is 5.20. The second-order valence-electron chi connectivity index (χ2n) is 8.41. The lowest BCUT2D eigenvalue weighted by molar-refractivity contribution is 0.0764. The lowest BCUT2D eigenvalue weighted by Crippen LogP contribution is -2.42. The van der Waals surface area contributed by atoms with Gasteiger partial charge in [0.15, 0.2) is 0 Å². The number of amides is 1. The van der Waals surface area contributed by atoms with Gasteiger partial charge in [-0.05, 0) is 49.8 Å². The number of hydrogen-bond acceptors (Lipinski definition) is 4. The van der Waals surface area contributed by atoms with Crippen molar-refractivity contribution in [3.05, 3.63) is 65.7 Å². The normalized spacial score (nSPS) is 22.2. The Bertz CT molecular complexity index is 817. The first-order chi connectivity index (χ1) is 13.6. The maximum atomic E-state index is 13.1. The fourth-order valence-electron chi connectivity index (χ4n) is 4.64. The molecule has 5 nitrogen and oxygen atoms in total. The summed E-state index contributed by atoms with van der Waals surface area (Å²) in [5.74, 6) is 1.53. The molecule has 2 aliphatic rings. The van der Waals surface area contributed by atoms with Crippen molar-refractivity contribution in [1.82, 2.24) is 15.1 Å². The third kappa shape index (κ3) is 5.27. The van der Waals surface area contributed by atoms with Gasteiger partial charge in [0.2, 0.25) is 0 Å². The standard InChI is InChI=1S/C23H29N3O2.2ClH/c1-25(2)16-23-15-24-12-20(23)13-26(17-23)22(27)19-10-8-18(9-11-19)14-28-21-6-4-3-5-7-21;;/h3-11,20,24H,12-17H2,1-2H3;2*1H. The topological polar surface area (TPSA) is 44.8 Å². The Kier molecular flexibility index (Phi) is 8.56. The number of halogens is 2. The zero-order chi connectivity index (χ0) is 19.6. The van der Waals surface area contributed by atoms with E-state index in [1.165, 1.54) is 0 Å². The van der Waals surface area contributed by atoms with Crippen molar-refractivity contribution in [3.63, 3.8) is 0 Å². The molecule has 1 amide bonds. The van der Waals surface area contributed by atoms with E-state index in [2.05, 4.69) is 24.3 Å². The number of carbonyl (C=O) groups is 1. The summed E-state index contributed by atoms with van der Waals surface area (Å²) in [7, 11) is 4.23. The maximum Gasteiger partial charge on any atom is 0.253 e. The van der Waals surface area contributed by atoms with Crippen molar-refractivity contribution < 1.29 is 9.53 Å². The van der Waals surface area contributed by atoms with Crippen molar-refractivity contribution in [3.8, 4) is 5.75 Å². The fourth-order valence-corrected chi connectivity index (χ4v) is 4.64. The molecule has 2 aromatic rings. The average Bonchev–Trinajstić information content (AvgIpc) is 3.23. The molecule has 30 heavy (non-hydrogen) atoms. The second-order valence-corrected chi connectivity index (χ2v) is 8.41. The molecule has 0 aromatic heterocycles. The fraction of sp³-hybridized carbons (Fsp3) is 0.435. The monoisotopic (exact) mass is 451 g/mol. The number of benzene rings is 2. The molecule has 2 unspecified atom stereocenters. The number of rotatable bonds is 6. The van der Waals surface area contributed by atoms with Crippen molar-refractivity contribution in [2.24, 2.45) is 11.3 Å². The first-order valence-electron chi connectivity index (χ1n) is 9.97. The quantitative estimate of drug-likeness (QED) is 0.731. The molecule has 164 valence electrons. The largest absolute Gasteiger partial charge is 0.489 e. The molecule has 7 heteroatoms. The first-order valence-corrected chi connectivity index (χ1v) is 9.97. The van der Waals surface area contributed by atoms with E-state index in [1.807, 2.05) is 59.5 Å². The molecule has 1 N–H and O–H groups in total. The minimum Gasteiger partial charge on any atom is -0.489 e. The van der Waals surface area contributed by atoms with Crippen LogP contribution in [0.1, 0.15) is 15.9 Å². The van der Waals surface area contributed by atoms with Crippen LogP contribution in [0.15, 0.2) is 54.6 Å². The summed E-state index contributed by atoms with van der Waals surface area (Å²) in [6, 6.07) is 17.6. The van der Waals surface area contributed by atoms with Crippen LogP contribution in [-0.2, 0) is 6.61 Å². The van der Waals surface area contributed by atoms with Crippen molar-refractivity contribution in [2.45, 2.75) is 6.61 Å².